The summed E-state index contributed by atoms with van der Waals surface area (Å²) in [6.07, 6.45) is 0. The van der Waals surface area contributed by atoms with Crippen molar-refractivity contribution in [3.05, 3.63) is 59.7 Å². The Morgan fingerprint density at radius 2 is 1.95 bits per heavy atom. The molecule has 0 aliphatic heterocycles. The quantitative estimate of drug-likeness (QED) is 0.863. The highest BCUT2D eigenvalue weighted by Gasteiger charge is 2.09. The summed E-state index contributed by atoms with van der Waals surface area (Å²) in [5.74, 6) is 0.307. The van der Waals surface area contributed by atoms with Gasteiger partial charge in [0, 0.05) is 23.9 Å². The number of anilines is 1. The molecule has 1 amide bonds. The molecule has 4 nitrogen and oxygen atoms in total. The number of primary amides is 1. The predicted molar refractivity (Wildman–Crippen MR) is 75.3 cm³/mol. The van der Waals surface area contributed by atoms with E-state index in [9.17, 15) is 4.79 Å². The van der Waals surface area contributed by atoms with Crippen LogP contribution in [-0.2, 0) is 6.61 Å². The molecule has 0 radical (unpaired) electrons. The Kier molecular flexibility index (Phi) is 4.03. The van der Waals surface area contributed by atoms with Crippen molar-refractivity contribution in [1.82, 2.24) is 0 Å². The molecular weight excluding hydrogens is 240 g/mol. The van der Waals surface area contributed by atoms with Crippen LogP contribution in [0.25, 0.3) is 0 Å². The van der Waals surface area contributed by atoms with Crippen LogP contribution in [0.5, 0.6) is 5.75 Å². The standard InChI is InChI=1S/C15H16N2O2/c1-17-12-7-8-14(15(16)18)11(9-12)10-19-13-5-3-2-4-6-13/h2-9,17H,10H2,1H3,(H2,16,18). The molecule has 98 valence electrons. The van der Waals surface area contributed by atoms with E-state index >= 15 is 0 Å². The van der Waals surface area contributed by atoms with Crippen LogP contribution in [0.3, 0.4) is 0 Å². The minimum absolute atomic E-state index is 0.303. The van der Waals surface area contributed by atoms with Crippen LogP contribution in [0.4, 0.5) is 5.69 Å². The monoisotopic (exact) mass is 256 g/mol. The third-order valence-corrected chi connectivity index (χ3v) is 2.80. The van der Waals surface area contributed by atoms with E-state index in [1.54, 1.807) is 6.07 Å². The number of carbonyl (C=O) groups is 1. The van der Waals surface area contributed by atoms with Crippen LogP contribution in [-0.4, -0.2) is 13.0 Å². The molecular formula is C15H16N2O2. The van der Waals surface area contributed by atoms with Crippen LogP contribution >= 0.6 is 0 Å². The van der Waals surface area contributed by atoms with Crippen LogP contribution < -0.4 is 15.8 Å². The van der Waals surface area contributed by atoms with Gasteiger partial charge in [0.25, 0.3) is 0 Å². The zero-order valence-electron chi connectivity index (χ0n) is 10.7. The molecule has 0 bridgehead atoms. The van der Waals surface area contributed by atoms with Crippen LogP contribution in [0, 0.1) is 0 Å². The molecule has 2 rings (SSSR count). The highest BCUT2D eigenvalue weighted by molar-refractivity contribution is 5.94. The van der Waals surface area contributed by atoms with Crippen molar-refractivity contribution in [3.63, 3.8) is 0 Å². The predicted octanol–water partition coefficient (Wildman–Crippen LogP) is 2.41. The lowest BCUT2D eigenvalue weighted by molar-refractivity contribution is 0.0998. The van der Waals surface area contributed by atoms with Crippen LogP contribution in [0.2, 0.25) is 0 Å². The summed E-state index contributed by atoms with van der Waals surface area (Å²) in [6.45, 7) is 0.303. The first-order chi connectivity index (χ1) is 9.20. The first-order valence-electron chi connectivity index (χ1n) is 5.99. The normalized spacial score (nSPS) is 9.95. The number of carbonyl (C=O) groups excluding carboxylic acids is 1. The second kappa shape index (κ2) is 5.91. The van der Waals surface area contributed by atoms with E-state index in [2.05, 4.69) is 5.32 Å². The molecule has 0 spiro atoms. The van der Waals surface area contributed by atoms with Crippen molar-refractivity contribution in [1.29, 1.82) is 0 Å². The van der Waals surface area contributed by atoms with E-state index in [-0.39, 0.29) is 0 Å². The van der Waals surface area contributed by atoms with Gasteiger partial charge < -0.3 is 15.8 Å². The fourth-order valence-corrected chi connectivity index (χ4v) is 1.79. The molecule has 2 aromatic rings. The van der Waals surface area contributed by atoms with Gasteiger partial charge in [-0.2, -0.15) is 0 Å². The van der Waals surface area contributed by atoms with Gasteiger partial charge in [-0.05, 0) is 30.3 Å². The number of nitrogens with one attached hydrogen (secondary N) is 1. The molecule has 0 unspecified atom stereocenters. The minimum atomic E-state index is -0.450. The molecule has 19 heavy (non-hydrogen) atoms. The zero-order valence-corrected chi connectivity index (χ0v) is 10.7. The highest BCUT2D eigenvalue weighted by Crippen LogP contribution is 2.18. The summed E-state index contributed by atoms with van der Waals surface area (Å²) in [6, 6.07) is 14.8. The summed E-state index contributed by atoms with van der Waals surface area (Å²) in [7, 11) is 1.82. The van der Waals surface area contributed by atoms with Gasteiger partial charge in [-0.15, -0.1) is 0 Å². The Morgan fingerprint density at radius 1 is 1.21 bits per heavy atom. The maximum atomic E-state index is 11.4. The first-order valence-corrected chi connectivity index (χ1v) is 5.99. The Balaban J connectivity index is 2.20. The molecule has 0 heterocycles. The van der Waals surface area contributed by atoms with Gasteiger partial charge in [0.1, 0.15) is 12.4 Å². The van der Waals surface area contributed by atoms with Gasteiger partial charge in [0.2, 0.25) is 5.91 Å². The Hall–Kier alpha value is -2.49. The lowest BCUT2D eigenvalue weighted by Gasteiger charge is -2.11. The maximum absolute atomic E-state index is 11.4. The second-order valence-corrected chi connectivity index (χ2v) is 4.09. The molecule has 0 saturated heterocycles. The molecule has 0 fully saturated rings. The van der Waals surface area contributed by atoms with E-state index in [1.807, 2.05) is 49.5 Å². The first kappa shape index (κ1) is 13.0. The largest absolute Gasteiger partial charge is 0.489 e. The Bertz CT molecular complexity index is 568. The summed E-state index contributed by atoms with van der Waals surface area (Å²) in [5, 5.41) is 3.02. The van der Waals surface area contributed by atoms with Crippen molar-refractivity contribution < 1.29 is 9.53 Å². The smallest absolute Gasteiger partial charge is 0.249 e. The number of ether oxygens (including phenoxy) is 1. The van der Waals surface area contributed by atoms with E-state index < -0.39 is 5.91 Å². The molecule has 0 aliphatic rings. The van der Waals surface area contributed by atoms with Crippen molar-refractivity contribution >= 4 is 11.6 Å². The third-order valence-electron chi connectivity index (χ3n) is 2.80. The molecule has 2 aromatic carbocycles. The van der Waals surface area contributed by atoms with Crippen LogP contribution in [0.1, 0.15) is 15.9 Å². The topological polar surface area (TPSA) is 64.3 Å². The molecule has 4 heteroatoms. The number of rotatable bonds is 5. The number of hydrogen-bond acceptors (Lipinski definition) is 3. The fraction of sp³-hybridized carbons (Fsp3) is 0.133. The minimum Gasteiger partial charge on any atom is -0.489 e. The zero-order chi connectivity index (χ0) is 13.7. The Labute approximate surface area is 112 Å². The number of hydrogen-bond donors (Lipinski definition) is 2. The van der Waals surface area contributed by atoms with E-state index in [0.29, 0.717) is 12.2 Å². The average molecular weight is 256 g/mol. The number of benzene rings is 2. The summed E-state index contributed by atoms with van der Waals surface area (Å²) >= 11 is 0. The van der Waals surface area contributed by atoms with E-state index in [0.717, 1.165) is 17.0 Å². The van der Waals surface area contributed by atoms with Crippen molar-refractivity contribution in [3.8, 4) is 5.75 Å². The number of nitrogens with two attached hydrogens (primary N) is 1. The third kappa shape index (κ3) is 3.25. The summed E-state index contributed by atoms with van der Waals surface area (Å²) < 4.78 is 5.65. The van der Waals surface area contributed by atoms with E-state index in [4.69, 9.17) is 10.5 Å². The van der Waals surface area contributed by atoms with Gasteiger partial charge in [-0.3, -0.25) is 4.79 Å². The summed E-state index contributed by atoms with van der Waals surface area (Å²) in [4.78, 5) is 11.4. The van der Waals surface area contributed by atoms with Gasteiger partial charge in [-0.25, -0.2) is 0 Å². The van der Waals surface area contributed by atoms with Crippen LogP contribution in [0.15, 0.2) is 48.5 Å². The molecule has 0 saturated carbocycles. The lowest BCUT2D eigenvalue weighted by Crippen LogP contribution is -2.15. The number of amides is 1. The molecule has 0 aromatic heterocycles. The van der Waals surface area contributed by atoms with Crippen molar-refractivity contribution in [2.24, 2.45) is 5.73 Å². The SMILES string of the molecule is CNc1ccc(C(N)=O)c(COc2ccccc2)c1. The van der Waals surface area contributed by atoms with Gasteiger partial charge >= 0.3 is 0 Å². The number of para-hydroxylation sites is 1. The van der Waals surface area contributed by atoms with Gasteiger partial charge in [0.15, 0.2) is 0 Å². The fourth-order valence-electron chi connectivity index (χ4n) is 1.79. The van der Waals surface area contributed by atoms with Gasteiger partial charge in [0.05, 0.1) is 0 Å². The van der Waals surface area contributed by atoms with Crippen molar-refractivity contribution in [2.45, 2.75) is 6.61 Å². The average Bonchev–Trinajstić information content (AvgIpc) is 2.45. The second-order valence-electron chi connectivity index (χ2n) is 4.09. The summed E-state index contributed by atoms with van der Waals surface area (Å²) in [5.41, 5.74) is 7.52. The highest BCUT2D eigenvalue weighted by atomic mass is 16.5. The Morgan fingerprint density at radius 3 is 2.58 bits per heavy atom. The van der Waals surface area contributed by atoms with Gasteiger partial charge in [-0.1, -0.05) is 18.2 Å². The molecule has 3 N–H and O–H groups in total. The molecule has 0 aliphatic carbocycles. The lowest BCUT2D eigenvalue weighted by atomic mass is 10.1. The maximum Gasteiger partial charge on any atom is 0.249 e. The van der Waals surface area contributed by atoms with E-state index in [1.165, 1.54) is 0 Å². The molecule has 0 atom stereocenters. The van der Waals surface area contributed by atoms with Crippen molar-refractivity contribution in [2.75, 3.05) is 12.4 Å².